The first-order valence-electron chi connectivity index (χ1n) is 13.3. The van der Waals surface area contributed by atoms with E-state index in [-0.39, 0.29) is 5.75 Å². The molecule has 0 aliphatic rings. The number of rotatable bonds is 12. The quantitative estimate of drug-likeness (QED) is 0.174. The molecule has 2 N–H and O–H groups in total. The van der Waals surface area contributed by atoms with Crippen molar-refractivity contribution in [3.05, 3.63) is 65.2 Å². The molecule has 0 heterocycles. The largest absolute Gasteiger partial charge is 0.444 e. The number of unbranched alkanes of at least 4 members (excludes halogenated alkanes) is 3. The number of nitrogens with one attached hydrogen (secondary N) is 2. The SMILES string of the molecule is C#Cc1ccccc1C(C(=O)Nc1ccccc1C)N(CCCCCC)C(=O)C(CS)NC(=O)OC(C)(C)C. The summed E-state index contributed by atoms with van der Waals surface area (Å²) in [6.45, 7) is 9.53. The van der Waals surface area contributed by atoms with Crippen molar-refractivity contribution in [3.8, 4) is 12.3 Å². The summed E-state index contributed by atoms with van der Waals surface area (Å²) in [5.74, 6) is 1.84. The molecular weight excluding hydrogens is 510 g/mol. The fraction of sp³-hybridized carbons (Fsp3) is 0.452. The third-order valence-electron chi connectivity index (χ3n) is 6.08. The minimum atomic E-state index is -1.03. The van der Waals surface area contributed by atoms with Gasteiger partial charge in [-0.3, -0.25) is 9.59 Å². The number of thiol groups is 1. The smallest absolute Gasteiger partial charge is 0.408 e. The number of terminal acetylenes is 1. The number of amides is 3. The van der Waals surface area contributed by atoms with E-state index >= 15 is 0 Å². The Morgan fingerprint density at radius 3 is 2.33 bits per heavy atom. The molecule has 0 saturated heterocycles. The van der Waals surface area contributed by atoms with Crippen LogP contribution in [0, 0.1) is 19.3 Å². The zero-order chi connectivity index (χ0) is 29.0. The third kappa shape index (κ3) is 9.67. The predicted octanol–water partition coefficient (Wildman–Crippen LogP) is 5.89. The molecule has 2 unspecified atom stereocenters. The number of ether oxygens (including phenoxy) is 1. The number of benzene rings is 2. The first-order chi connectivity index (χ1) is 18.5. The molecule has 7 nitrogen and oxygen atoms in total. The summed E-state index contributed by atoms with van der Waals surface area (Å²) in [5.41, 5.74) is 1.83. The highest BCUT2D eigenvalue weighted by atomic mass is 32.1. The molecule has 0 fully saturated rings. The van der Waals surface area contributed by atoms with Crippen LogP contribution >= 0.6 is 12.6 Å². The minimum Gasteiger partial charge on any atom is -0.444 e. The molecule has 0 bridgehead atoms. The van der Waals surface area contributed by atoms with E-state index in [1.54, 1.807) is 45.0 Å². The van der Waals surface area contributed by atoms with E-state index in [2.05, 4.69) is 36.1 Å². The number of carbonyl (C=O) groups excluding carboxylic acids is 3. The normalized spacial score (nSPS) is 12.5. The maximum Gasteiger partial charge on any atom is 0.408 e. The van der Waals surface area contributed by atoms with E-state index in [9.17, 15) is 14.4 Å². The highest BCUT2D eigenvalue weighted by Gasteiger charge is 2.36. The second-order valence-corrected chi connectivity index (χ2v) is 10.8. The molecule has 8 heteroatoms. The van der Waals surface area contributed by atoms with Gasteiger partial charge in [0, 0.05) is 23.5 Å². The minimum absolute atomic E-state index is 0.0203. The van der Waals surface area contributed by atoms with Gasteiger partial charge >= 0.3 is 6.09 Å². The molecule has 3 amide bonds. The molecule has 0 radical (unpaired) electrons. The summed E-state index contributed by atoms with van der Waals surface area (Å²) >= 11 is 4.35. The van der Waals surface area contributed by atoms with Gasteiger partial charge < -0.3 is 20.3 Å². The van der Waals surface area contributed by atoms with Gasteiger partial charge in [0.1, 0.15) is 17.7 Å². The molecule has 0 spiro atoms. The van der Waals surface area contributed by atoms with Crippen LogP contribution in [0.2, 0.25) is 0 Å². The van der Waals surface area contributed by atoms with Crippen LogP contribution in [-0.4, -0.2) is 46.7 Å². The lowest BCUT2D eigenvalue weighted by atomic mass is 9.97. The van der Waals surface area contributed by atoms with Crippen molar-refractivity contribution in [1.29, 1.82) is 0 Å². The topological polar surface area (TPSA) is 87.7 Å². The summed E-state index contributed by atoms with van der Waals surface area (Å²) in [6.07, 6.45) is 8.67. The first-order valence-corrected chi connectivity index (χ1v) is 14.0. The molecule has 210 valence electrons. The molecular formula is C31H41N3O4S. The van der Waals surface area contributed by atoms with Gasteiger partial charge in [0.15, 0.2) is 0 Å². The first kappa shape index (κ1) is 31.8. The number of carbonyl (C=O) groups is 3. The van der Waals surface area contributed by atoms with Crippen LogP contribution in [0.4, 0.5) is 10.5 Å². The standard InChI is InChI=1S/C31H41N3O4S/c1-7-9-10-15-20-34(29(36)26(21-39)33-30(37)38-31(4,5)6)27(24-18-13-12-17-23(24)8-2)28(35)32-25-19-14-11-16-22(25)3/h2,11-14,16-19,26-27,39H,7,9-10,15,20-21H2,1,3-6H3,(H,32,35)(H,33,37). The van der Waals surface area contributed by atoms with E-state index in [1.165, 1.54) is 4.90 Å². The monoisotopic (exact) mass is 551 g/mol. The van der Waals surface area contributed by atoms with Gasteiger partial charge in [-0.2, -0.15) is 12.6 Å². The lowest BCUT2D eigenvalue weighted by molar-refractivity contribution is -0.140. The van der Waals surface area contributed by atoms with Crippen molar-refractivity contribution in [2.24, 2.45) is 0 Å². The summed E-state index contributed by atoms with van der Waals surface area (Å²) in [4.78, 5) is 42.1. The van der Waals surface area contributed by atoms with Crippen molar-refractivity contribution in [3.63, 3.8) is 0 Å². The van der Waals surface area contributed by atoms with E-state index in [1.807, 2.05) is 31.2 Å². The van der Waals surface area contributed by atoms with Crippen LogP contribution in [0.25, 0.3) is 0 Å². The Hall–Kier alpha value is -3.44. The Morgan fingerprint density at radius 1 is 1.05 bits per heavy atom. The van der Waals surface area contributed by atoms with Gasteiger partial charge in [0.25, 0.3) is 5.91 Å². The highest BCUT2D eigenvalue weighted by Crippen LogP contribution is 2.28. The molecule has 0 saturated carbocycles. The molecule has 2 aromatic rings. The van der Waals surface area contributed by atoms with E-state index in [0.717, 1.165) is 24.8 Å². The maximum absolute atomic E-state index is 14.1. The van der Waals surface area contributed by atoms with E-state index < -0.39 is 35.6 Å². The second-order valence-electron chi connectivity index (χ2n) is 10.4. The zero-order valence-electron chi connectivity index (χ0n) is 23.6. The lowest BCUT2D eigenvalue weighted by Crippen LogP contribution is -2.53. The Labute approximate surface area is 238 Å². The van der Waals surface area contributed by atoms with Gasteiger partial charge in [-0.1, -0.05) is 68.5 Å². The van der Waals surface area contributed by atoms with Crippen LogP contribution in [-0.2, 0) is 14.3 Å². The van der Waals surface area contributed by atoms with Gasteiger partial charge in [0.05, 0.1) is 0 Å². The Kier molecular flexibility index (Phi) is 12.4. The van der Waals surface area contributed by atoms with Crippen LogP contribution in [0.3, 0.4) is 0 Å². The van der Waals surface area contributed by atoms with Crippen molar-refractivity contribution in [1.82, 2.24) is 10.2 Å². The van der Waals surface area contributed by atoms with E-state index in [4.69, 9.17) is 11.2 Å². The van der Waals surface area contributed by atoms with Gasteiger partial charge in [0.2, 0.25) is 5.91 Å². The fourth-order valence-corrected chi connectivity index (χ4v) is 4.39. The number of para-hydroxylation sites is 1. The van der Waals surface area contributed by atoms with Crippen molar-refractivity contribution >= 4 is 36.2 Å². The number of aryl methyl sites for hydroxylation is 1. The maximum atomic E-state index is 14.1. The van der Waals surface area contributed by atoms with Crippen LogP contribution < -0.4 is 10.6 Å². The third-order valence-corrected chi connectivity index (χ3v) is 6.45. The average molecular weight is 552 g/mol. The number of nitrogens with zero attached hydrogens (tertiary/aromatic N) is 1. The van der Waals surface area contributed by atoms with Crippen LogP contribution in [0.1, 0.15) is 76.1 Å². The van der Waals surface area contributed by atoms with Gasteiger partial charge in [-0.05, 0) is 57.4 Å². The molecule has 0 aliphatic carbocycles. The summed E-state index contributed by atoms with van der Waals surface area (Å²) < 4.78 is 5.37. The summed E-state index contributed by atoms with van der Waals surface area (Å²) in [5, 5.41) is 5.63. The molecule has 2 atom stereocenters. The molecule has 2 aromatic carbocycles. The van der Waals surface area contributed by atoms with Crippen LogP contribution in [0.15, 0.2) is 48.5 Å². The van der Waals surface area contributed by atoms with Crippen molar-refractivity contribution in [2.75, 3.05) is 17.6 Å². The average Bonchev–Trinajstić information content (AvgIpc) is 2.89. The summed E-state index contributed by atoms with van der Waals surface area (Å²) in [7, 11) is 0. The van der Waals surface area contributed by atoms with E-state index in [0.29, 0.717) is 29.8 Å². The summed E-state index contributed by atoms with van der Waals surface area (Å²) in [6, 6.07) is 12.5. The Morgan fingerprint density at radius 2 is 1.72 bits per heavy atom. The molecule has 0 aromatic heterocycles. The second kappa shape index (κ2) is 15.2. The zero-order valence-corrected chi connectivity index (χ0v) is 24.5. The number of alkyl carbamates (subject to hydrolysis) is 1. The Bertz CT molecular complexity index is 1170. The van der Waals surface area contributed by atoms with Crippen molar-refractivity contribution in [2.45, 2.75) is 78.0 Å². The molecule has 2 rings (SSSR count). The van der Waals surface area contributed by atoms with Gasteiger partial charge in [-0.15, -0.1) is 6.42 Å². The molecule has 0 aliphatic heterocycles. The lowest BCUT2D eigenvalue weighted by Gasteiger charge is -2.34. The number of anilines is 1. The number of hydrogen-bond donors (Lipinski definition) is 3. The van der Waals surface area contributed by atoms with Crippen molar-refractivity contribution < 1.29 is 19.1 Å². The van der Waals surface area contributed by atoms with Crippen LogP contribution in [0.5, 0.6) is 0 Å². The number of hydrogen-bond acceptors (Lipinski definition) is 5. The van der Waals surface area contributed by atoms with Gasteiger partial charge in [-0.25, -0.2) is 4.79 Å². The fourth-order valence-electron chi connectivity index (χ4n) is 4.14. The highest BCUT2D eigenvalue weighted by molar-refractivity contribution is 7.80. The Balaban J connectivity index is 2.55. The molecule has 39 heavy (non-hydrogen) atoms. The predicted molar refractivity (Wildman–Crippen MR) is 160 cm³/mol.